The highest BCUT2D eigenvalue weighted by molar-refractivity contribution is 6.66. The van der Waals surface area contributed by atoms with Crippen LogP contribution in [0.25, 0.3) is 0 Å². The molecule has 0 aromatic heterocycles. The van der Waals surface area contributed by atoms with Gasteiger partial charge in [0.25, 0.3) is 5.91 Å². The zero-order valence-electron chi connectivity index (χ0n) is 13.4. The Hall–Kier alpha value is -2.16. The van der Waals surface area contributed by atoms with E-state index >= 15 is 0 Å². The molecule has 1 amide bonds. The van der Waals surface area contributed by atoms with Crippen LogP contribution in [0.1, 0.15) is 6.92 Å². The van der Waals surface area contributed by atoms with E-state index in [9.17, 15) is 9.59 Å². The van der Waals surface area contributed by atoms with E-state index < -0.39 is 0 Å². The number of hydrogen-bond donors (Lipinski definition) is 0. The number of carbonyl (C=O) groups is 2. The van der Waals surface area contributed by atoms with E-state index in [4.69, 9.17) is 4.84 Å². The molecule has 1 rings (SSSR count). The Morgan fingerprint density at radius 2 is 1.59 bits per heavy atom. The minimum absolute atomic E-state index is 0.103. The van der Waals surface area contributed by atoms with E-state index in [1.807, 2.05) is 4.90 Å². The van der Waals surface area contributed by atoms with Crippen LogP contribution in [-0.2, 0) is 24.0 Å². The lowest BCUT2D eigenvalue weighted by Gasteiger charge is -2.34. The van der Waals surface area contributed by atoms with Crippen LogP contribution in [0.15, 0.2) is 10.3 Å². The van der Waals surface area contributed by atoms with Crippen molar-refractivity contribution in [3.8, 4) is 0 Å². The average Bonchev–Trinajstić information content (AvgIpc) is 2.52. The number of nitrogens with zero attached hydrogens (tertiary/aromatic N) is 4. The number of carbonyl (C=O) groups excluding carboxylic acids is 2. The van der Waals surface area contributed by atoms with Crippen LogP contribution in [0.4, 0.5) is 0 Å². The highest BCUT2D eigenvalue weighted by atomic mass is 16.6. The quantitative estimate of drug-likeness (QED) is 0.367. The predicted octanol–water partition coefficient (Wildman–Crippen LogP) is -0.672. The normalized spacial score (nSPS) is 17.2. The molecule has 1 saturated heterocycles. The number of ether oxygens (including phenoxy) is 1. The number of methoxy groups -OCH3 is 1. The summed E-state index contributed by atoms with van der Waals surface area (Å²) >= 11 is 0. The molecule has 0 atom stereocenters. The van der Waals surface area contributed by atoms with Crippen molar-refractivity contribution in [1.29, 1.82) is 0 Å². The Morgan fingerprint density at radius 1 is 1.00 bits per heavy atom. The zero-order valence-corrected chi connectivity index (χ0v) is 13.4. The topological polar surface area (TPSA) is 93.0 Å². The van der Waals surface area contributed by atoms with Gasteiger partial charge in [0.05, 0.1) is 13.7 Å². The molecule has 0 aromatic carbocycles. The summed E-state index contributed by atoms with van der Waals surface area (Å²) in [6.45, 7) is 3.98. The Morgan fingerprint density at radius 3 is 2.09 bits per heavy atom. The van der Waals surface area contributed by atoms with Gasteiger partial charge in [-0.15, -0.1) is 0 Å². The van der Waals surface area contributed by atoms with Gasteiger partial charge < -0.3 is 19.3 Å². The molecule has 1 aliphatic rings. The molecule has 0 bridgehead atoms. The second-order valence-electron chi connectivity index (χ2n) is 4.63. The molecule has 0 unspecified atom stereocenters. The van der Waals surface area contributed by atoms with Crippen molar-refractivity contribution in [3.63, 3.8) is 0 Å². The van der Waals surface area contributed by atoms with Crippen LogP contribution >= 0.6 is 0 Å². The summed E-state index contributed by atoms with van der Waals surface area (Å²) < 4.78 is 4.63. The molecular formula is C13H22N4O5. The van der Waals surface area contributed by atoms with Crippen LogP contribution in [0, 0.1) is 0 Å². The van der Waals surface area contributed by atoms with Gasteiger partial charge in [-0.1, -0.05) is 10.3 Å². The molecule has 22 heavy (non-hydrogen) atoms. The van der Waals surface area contributed by atoms with E-state index in [2.05, 4.69) is 19.9 Å². The van der Waals surface area contributed by atoms with E-state index in [-0.39, 0.29) is 24.1 Å². The molecular weight excluding hydrogens is 292 g/mol. The number of piperazine rings is 1. The summed E-state index contributed by atoms with van der Waals surface area (Å²) in [6, 6.07) is 0. The maximum absolute atomic E-state index is 12.5. The first kappa shape index (κ1) is 17.9. The maximum atomic E-state index is 12.5. The van der Waals surface area contributed by atoms with Gasteiger partial charge in [0.1, 0.15) is 19.9 Å². The minimum Gasteiger partial charge on any atom is -0.468 e. The molecule has 1 aliphatic heterocycles. The Labute approximate surface area is 129 Å². The first-order valence-electron chi connectivity index (χ1n) is 6.81. The monoisotopic (exact) mass is 314 g/mol. The maximum Gasteiger partial charge on any atom is 0.319 e. The highest BCUT2D eigenvalue weighted by Crippen LogP contribution is 2.04. The lowest BCUT2D eigenvalue weighted by atomic mass is 10.2. The molecule has 0 spiro atoms. The van der Waals surface area contributed by atoms with Gasteiger partial charge in [-0.05, 0) is 6.92 Å². The molecule has 1 heterocycles. The molecule has 9 heteroatoms. The number of rotatable bonds is 6. The van der Waals surface area contributed by atoms with Crippen LogP contribution in [0.2, 0.25) is 0 Å². The fourth-order valence-electron chi connectivity index (χ4n) is 2.04. The van der Waals surface area contributed by atoms with Crippen molar-refractivity contribution in [1.82, 2.24) is 9.80 Å². The van der Waals surface area contributed by atoms with Crippen LogP contribution in [-0.4, -0.2) is 87.2 Å². The summed E-state index contributed by atoms with van der Waals surface area (Å²) in [5, 5.41) is 7.44. The summed E-state index contributed by atoms with van der Waals surface area (Å²) in [5.74, 6) is -0.567. The molecule has 0 N–H and O–H groups in total. The second kappa shape index (κ2) is 8.98. The second-order valence-corrected chi connectivity index (χ2v) is 4.63. The molecule has 0 aromatic rings. The smallest absolute Gasteiger partial charge is 0.319 e. The van der Waals surface area contributed by atoms with Gasteiger partial charge in [0.2, 0.25) is 0 Å². The predicted molar refractivity (Wildman–Crippen MR) is 79.6 cm³/mol. The fourth-order valence-corrected chi connectivity index (χ4v) is 2.04. The van der Waals surface area contributed by atoms with E-state index in [0.29, 0.717) is 31.9 Å². The molecule has 0 radical (unpaired) electrons. The molecule has 9 nitrogen and oxygen atoms in total. The summed E-state index contributed by atoms with van der Waals surface area (Å²) in [6.07, 6.45) is 0. The summed E-state index contributed by atoms with van der Waals surface area (Å²) in [5.41, 5.74) is 0.442. The summed E-state index contributed by atoms with van der Waals surface area (Å²) in [7, 11) is 4.11. The number of amides is 1. The van der Waals surface area contributed by atoms with Crippen molar-refractivity contribution < 1.29 is 24.0 Å². The highest BCUT2D eigenvalue weighted by Gasteiger charge is 2.27. The fraction of sp³-hybridized carbons (Fsp3) is 0.692. The SMILES string of the molecule is CON=C(C)C(=NOC)C(=O)N1CCN(CC(=O)OC)CC1. The lowest BCUT2D eigenvalue weighted by molar-refractivity contribution is -0.142. The molecule has 0 aliphatic carbocycles. The third-order valence-electron chi connectivity index (χ3n) is 3.20. The van der Waals surface area contributed by atoms with Crippen LogP contribution < -0.4 is 0 Å². The van der Waals surface area contributed by atoms with Crippen LogP contribution in [0.3, 0.4) is 0 Å². The third kappa shape index (κ3) is 4.99. The Balaban J connectivity index is 2.65. The Kier molecular flexibility index (Phi) is 7.30. The standard InChI is InChI=1S/C13H22N4O5/c1-10(14-21-3)12(15-22-4)13(19)17-7-5-16(6-8-17)9-11(18)20-2/h5-9H2,1-4H3. The van der Waals surface area contributed by atoms with E-state index in [1.54, 1.807) is 11.8 Å². The van der Waals surface area contributed by atoms with Crippen molar-refractivity contribution >= 4 is 23.3 Å². The Bertz CT molecular complexity index is 455. The van der Waals surface area contributed by atoms with E-state index in [0.717, 1.165) is 0 Å². The van der Waals surface area contributed by atoms with Crippen molar-refractivity contribution in [2.24, 2.45) is 10.3 Å². The third-order valence-corrected chi connectivity index (χ3v) is 3.20. The van der Waals surface area contributed by atoms with Gasteiger partial charge >= 0.3 is 5.97 Å². The van der Waals surface area contributed by atoms with Crippen LogP contribution in [0.5, 0.6) is 0 Å². The first-order valence-corrected chi connectivity index (χ1v) is 6.81. The first-order chi connectivity index (χ1) is 10.5. The minimum atomic E-state index is -0.288. The van der Waals surface area contributed by atoms with Crippen molar-refractivity contribution in [3.05, 3.63) is 0 Å². The van der Waals surface area contributed by atoms with Gasteiger partial charge in [-0.25, -0.2) is 0 Å². The summed E-state index contributed by atoms with van der Waals surface area (Å²) in [4.78, 5) is 36.6. The molecule has 0 saturated carbocycles. The van der Waals surface area contributed by atoms with Gasteiger partial charge in [-0.3, -0.25) is 14.5 Å². The van der Waals surface area contributed by atoms with Gasteiger partial charge in [-0.2, -0.15) is 0 Å². The van der Waals surface area contributed by atoms with Crippen molar-refractivity contribution in [2.45, 2.75) is 6.92 Å². The molecule has 1 fully saturated rings. The largest absolute Gasteiger partial charge is 0.468 e. The van der Waals surface area contributed by atoms with E-state index in [1.165, 1.54) is 21.3 Å². The lowest BCUT2D eigenvalue weighted by Crippen LogP contribution is -2.52. The van der Waals surface area contributed by atoms with Crippen molar-refractivity contribution in [2.75, 3.05) is 54.1 Å². The average molecular weight is 314 g/mol. The zero-order chi connectivity index (χ0) is 16.5. The van der Waals surface area contributed by atoms with Gasteiger partial charge in [0.15, 0.2) is 5.71 Å². The number of oxime groups is 2. The van der Waals surface area contributed by atoms with Gasteiger partial charge in [0, 0.05) is 26.2 Å². The number of hydrogen-bond acceptors (Lipinski definition) is 8. The number of esters is 1. The molecule has 124 valence electrons.